The number of aliphatic hydroxyl groups is 1. The van der Waals surface area contributed by atoms with Gasteiger partial charge < -0.3 is 9.84 Å². The average Bonchev–Trinajstić information content (AvgIpc) is 2.04. The van der Waals surface area contributed by atoms with Gasteiger partial charge in [0, 0.05) is 12.7 Å². The van der Waals surface area contributed by atoms with Gasteiger partial charge in [0.15, 0.2) is 0 Å². The SMILES string of the molecule is CC(C)O.CCOC(C)(CC)CC. The Morgan fingerprint density at radius 1 is 1.15 bits per heavy atom. The van der Waals surface area contributed by atoms with Crippen LogP contribution in [-0.2, 0) is 4.74 Å². The summed E-state index contributed by atoms with van der Waals surface area (Å²) in [6, 6.07) is 0. The molecule has 0 heterocycles. The molecule has 2 heteroatoms. The first-order chi connectivity index (χ1) is 5.91. The van der Waals surface area contributed by atoms with Crippen molar-refractivity contribution in [2.24, 2.45) is 0 Å². The van der Waals surface area contributed by atoms with Crippen LogP contribution in [0.3, 0.4) is 0 Å². The van der Waals surface area contributed by atoms with E-state index in [2.05, 4.69) is 20.8 Å². The van der Waals surface area contributed by atoms with Crippen LogP contribution >= 0.6 is 0 Å². The maximum absolute atomic E-state index is 8.06. The smallest absolute Gasteiger partial charge is 0.0649 e. The van der Waals surface area contributed by atoms with Crippen LogP contribution in [0.25, 0.3) is 0 Å². The highest BCUT2D eigenvalue weighted by Gasteiger charge is 2.18. The van der Waals surface area contributed by atoms with Crippen molar-refractivity contribution >= 4 is 0 Å². The molecule has 0 spiro atoms. The van der Waals surface area contributed by atoms with E-state index in [1.807, 2.05) is 6.92 Å². The molecule has 82 valence electrons. The molecule has 0 aromatic carbocycles. The lowest BCUT2D eigenvalue weighted by molar-refractivity contribution is -0.0301. The fourth-order valence-corrected chi connectivity index (χ4v) is 0.803. The monoisotopic (exact) mass is 190 g/mol. The summed E-state index contributed by atoms with van der Waals surface area (Å²) in [6.45, 7) is 12.8. The minimum Gasteiger partial charge on any atom is -0.394 e. The Hall–Kier alpha value is -0.0800. The maximum atomic E-state index is 8.06. The predicted molar refractivity (Wildman–Crippen MR) is 58.0 cm³/mol. The van der Waals surface area contributed by atoms with Crippen LogP contribution in [0.5, 0.6) is 0 Å². The fraction of sp³-hybridized carbons (Fsp3) is 1.00. The summed E-state index contributed by atoms with van der Waals surface area (Å²) in [4.78, 5) is 0. The molecule has 13 heavy (non-hydrogen) atoms. The van der Waals surface area contributed by atoms with Gasteiger partial charge in [0.2, 0.25) is 0 Å². The Balaban J connectivity index is 0. The largest absolute Gasteiger partial charge is 0.394 e. The average molecular weight is 190 g/mol. The molecule has 0 aliphatic heterocycles. The van der Waals surface area contributed by atoms with Crippen molar-refractivity contribution in [2.45, 2.75) is 66.1 Å². The molecular formula is C11H26O2. The zero-order chi connectivity index (χ0) is 10.9. The molecule has 0 bridgehead atoms. The molecule has 0 aromatic heterocycles. The third-order valence-electron chi connectivity index (χ3n) is 1.99. The summed E-state index contributed by atoms with van der Waals surface area (Å²) in [6.07, 6.45) is 2.05. The predicted octanol–water partition coefficient (Wildman–Crippen LogP) is 2.99. The third kappa shape index (κ3) is 11.9. The maximum Gasteiger partial charge on any atom is 0.0649 e. The topological polar surface area (TPSA) is 29.5 Å². The van der Waals surface area contributed by atoms with Crippen molar-refractivity contribution < 1.29 is 9.84 Å². The van der Waals surface area contributed by atoms with E-state index in [0.717, 1.165) is 19.4 Å². The van der Waals surface area contributed by atoms with Gasteiger partial charge in [0.05, 0.1) is 5.60 Å². The minimum atomic E-state index is -0.167. The standard InChI is InChI=1S/C8H18O.C3H8O/c1-5-8(4,6-2)9-7-3;1-3(2)4/h5-7H2,1-4H3;3-4H,1-2H3. The van der Waals surface area contributed by atoms with E-state index in [1.54, 1.807) is 13.8 Å². The van der Waals surface area contributed by atoms with Crippen LogP contribution in [0.15, 0.2) is 0 Å². The first-order valence-electron chi connectivity index (χ1n) is 5.23. The Morgan fingerprint density at radius 3 is 1.54 bits per heavy atom. The second-order valence-corrected chi connectivity index (χ2v) is 3.68. The van der Waals surface area contributed by atoms with E-state index in [4.69, 9.17) is 9.84 Å². The Kier molecular flexibility index (Phi) is 10.1. The second kappa shape index (κ2) is 8.52. The highest BCUT2D eigenvalue weighted by atomic mass is 16.5. The van der Waals surface area contributed by atoms with Crippen LogP contribution in [-0.4, -0.2) is 23.4 Å². The summed E-state index contributed by atoms with van der Waals surface area (Å²) >= 11 is 0. The Morgan fingerprint density at radius 2 is 1.46 bits per heavy atom. The highest BCUT2D eigenvalue weighted by molar-refractivity contribution is 4.69. The van der Waals surface area contributed by atoms with Gasteiger partial charge in [0.25, 0.3) is 0 Å². The Labute approximate surface area is 83.3 Å². The van der Waals surface area contributed by atoms with Crippen molar-refractivity contribution in [3.8, 4) is 0 Å². The van der Waals surface area contributed by atoms with E-state index >= 15 is 0 Å². The highest BCUT2D eigenvalue weighted by Crippen LogP contribution is 2.18. The van der Waals surface area contributed by atoms with Gasteiger partial charge in [-0.05, 0) is 40.5 Å². The zero-order valence-electron chi connectivity index (χ0n) is 10.1. The summed E-state index contributed by atoms with van der Waals surface area (Å²) < 4.78 is 5.53. The van der Waals surface area contributed by atoms with E-state index in [1.165, 1.54) is 0 Å². The van der Waals surface area contributed by atoms with Gasteiger partial charge in [-0.1, -0.05) is 13.8 Å². The molecule has 0 fully saturated rings. The first-order valence-corrected chi connectivity index (χ1v) is 5.23. The Bertz CT molecular complexity index is 93.5. The molecule has 0 saturated heterocycles. The molecule has 0 atom stereocenters. The van der Waals surface area contributed by atoms with Gasteiger partial charge in [-0.15, -0.1) is 0 Å². The molecular weight excluding hydrogens is 164 g/mol. The third-order valence-corrected chi connectivity index (χ3v) is 1.99. The minimum absolute atomic E-state index is 0.134. The summed E-state index contributed by atoms with van der Waals surface area (Å²) in [5.41, 5.74) is 0.134. The van der Waals surface area contributed by atoms with E-state index < -0.39 is 0 Å². The van der Waals surface area contributed by atoms with Gasteiger partial charge in [-0.3, -0.25) is 0 Å². The second-order valence-electron chi connectivity index (χ2n) is 3.68. The quantitative estimate of drug-likeness (QED) is 0.738. The first kappa shape index (κ1) is 15.4. The number of hydrogen-bond acceptors (Lipinski definition) is 2. The molecule has 0 amide bonds. The fourth-order valence-electron chi connectivity index (χ4n) is 0.803. The molecule has 0 saturated carbocycles. The molecule has 0 aliphatic rings. The normalized spacial score (nSPS) is 11.1. The molecule has 0 aliphatic carbocycles. The lowest BCUT2D eigenvalue weighted by Gasteiger charge is -2.26. The molecule has 0 unspecified atom stereocenters. The number of rotatable bonds is 4. The zero-order valence-corrected chi connectivity index (χ0v) is 10.1. The van der Waals surface area contributed by atoms with E-state index in [-0.39, 0.29) is 11.7 Å². The van der Waals surface area contributed by atoms with Crippen molar-refractivity contribution in [3.05, 3.63) is 0 Å². The summed E-state index contributed by atoms with van der Waals surface area (Å²) in [5.74, 6) is 0. The van der Waals surface area contributed by atoms with Crippen molar-refractivity contribution in [2.75, 3.05) is 6.61 Å². The van der Waals surface area contributed by atoms with Crippen LogP contribution in [0.1, 0.15) is 54.4 Å². The van der Waals surface area contributed by atoms with Gasteiger partial charge >= 0.3 is 0 Å². The lowest BCUT2D eigenvalue weighted by Crippen LogP contribution is -2.26. The van der Waals surface area contributed by atoms with Crippen LogP contribution in [0.4, 0.5) is 0 Å². The molecule has 2 nitrogen and oxygen atoms in total. The number of aliphatic hydroxyl groups excluding tert-OH is 1. The van der Waals surface area contributed by atoms with Gasteiger partial charge in [0.1, 0.15) is 0 Å². The van der Waals surface area contributed by atoms with Crippen molar-refractivity contribution in [1.82, 2.24) is 0 Å². The van der Waals surface area contributed by atoms with E-state index in [0.29, 0.717) is 0 Å². The van der Waals surface area contributed by atoms with Crippen LogP contribution in [0, 0.1) is 0 Å². The summed E-state index contributed by atoms with van der Waals surface area (Å²) in [7, 11) is 0. The van der Waals surface area contributed by atoms with Crippen molar-refractivity contribution in [3.63, 3.8) is 0 Å². The lowest BCUT2D eigenvalue weighted by atomic mass is 10.0. The van der Waals surface area contributed by atoms with Crippen molar-refractivity contribution in [1.29, 1.82) is 0 Å². The van der Waals surface area contributed by atoms with Crippen LogP contribution < -0.4 is 0 Å². The van der Waals surface area contributed by atoms with Crippen LogP contribution in [0.2, 0.25) is 0 Å². The molecule has 0 aromatic rings. The van der Waals surface area contributed by atoms with Gasteiger partial charge in [-0.25, -0.2) is 0 Å². The van der Waals surface area contributed by atoms with Gasteiger partial charge in [-0.2, -0.15) is 0 Å². The molecule has 0 radical (unpaired) electrons. The molecule has 1 N–H and O–H groups in total. The van der Waals surface area contributed by atoms with E-state index in [9.17, 15) is 0 Å². The number of ether oxygens (including phenoxy) is 1. The number of hydrogen-bond donors (Lipinski definition) is 1. The summed E-state index contributed by atoms with van der Waals surface area (Å²) in [5, 5.41) is 8.06. The molecule has 0 rings (SSSR count).